The van der Waals surface area contributed by atoms with Crippen LogP contribution in [0.2, 0.25) is 0 Å². The van der Waals surface area contributed by atoms with Crippen LogP contribution in [0.3, 0.4) is 0 Å². The van der Waals surface area contributed by atoms with E-state index in [1.807, 2.05) is 19.6 Å². The summed E-state index contributed by atoms with van der Waals surface area (Å²) in [6.07, 6.45) is 10.8. The minimum absolute atomic E-state index is 0.429. The second-order valence-corrected chi connectivity index (χ2v) is 7.64. The fourth-order valence-electron chi connectivity index (χ4n) is 3.82. The SMILES string of the molecule is CCOCCC1(CNC(=NC)N2CCC(C)C(n3ccnc3)C2)CC1. The minimum Gasteiger partial charge on any atom is -0.382 e. The number of nitrogens with one attached hydrogen (secondary N) is 1. The molecule has 2 heterocycles. The van der Waals surface area contributed by atoms with E-state index in [0.29, 0.717) is 17.4 Å². The zero-order valence-electron chi connectivity index (χ0n) is 15.9. The Labute approximate surface area is 151 Å². The number of piperidine rings is 1. The Kier molecular flexibility index (Phi) is 5.99. The second kappa shape index (κ2) is 8.21. The van der Waals surface area contributed by atoms with Gasteiger partial charge in [-0.25, -0.2) is 4.98 Å². The molecular formula is C19H33N5O. The zero-order valence-corrected chi connectivity index (χ0v) is 15.9. The Hall–Kier alpha value is -1.56. The lowest BCUT2D eigenvalue weighted by Gasteiger charge is -2.39. The van der Waals surface area contributed by atoms with Gasteiger partial charge in [0, 0.05) is 52.3 Å². The summed E-state index contributed by atoms with van der Waals surface area (Å²) in [5, 5.41) is 3.64. The van der Waals surface area contributed by atoms with Gasteiger partial charge in [-0.2, -0.15) is 0 Å². The monoisotopic (exact) mass is 347 g/mol. The van der Waals surface area contributed by atoms with Crippen molar-refractivity contribution in [3.05, 3.63) is 18.7 Å². The van der Waals surface area contributed by atoms with E-state index in [-0.39, 0.29) is 0 Å². The van der Waals surface area contributed by atoms with E-state index in [2.05, 4.69) is 44.8 Å². The first kappa shape index (κ1) is 18.2. The maximum Gasteiger partial charge on any atom is 0.193 e. The van der Waals surface area contributed by atoms with Gasteiger partial charge in [-0.1, -0.05) is 6.92 Å². The van der Waals surface area contributed by atoms with Crippen LogP contribution < -0.4 is 5.32 Å². The Balaban J connectivity index is 1.54. The van der Waals surface area contributed by atoms with Crippen molar-refractivity contribution in [3.63, 3.8) is 0 Å². The van der Waals surface area contributed by atoms with Crippen LogP contribution >= 0.6 is 0 Å². The molecule has 0 bridgehead atoms. The van der Waals surface area contributed by atoms with E-state index in [0.717, 1.165) is 45.2 Å². The Morgan fingerprint density at radius 1 is 1.44 bits per heavy atom. The fraction of sp³-hybridized carbons (Fsp3) is 0.789. The summed E-state index contributed by atoms with van der Waals surface area (Å²) in [5.41, 5.74) is 0.429. The van der Waals surface area contributed by atoms with Crippen LogP contribution in [0.15, 0.2) is 23.7 Å². The molecule has 25 heavy (non-hydrogen) atoms. The van der Waals surface area contributed by atoms with Gasteiger partial charge in [0.1, 0.15) is 0 Å². The molecule has 2 atom stereocenters. The molecule has 6 heteroatoms. The fourth-order valence-corrected chi connectivity index (χ4v) is 3.82. The topological polar surface area (TPSA) is 54.7 Å². The van der Waals surface area contributed by atoms with Crippen molar-refractivity contribution in [1.82, 2.24) is 19.8 Å². The predicted octanol–water partition coefficient (Wildman–Crippen LogP) is 2.55. The average Bonchev–Trinajstić information content (AvgIpc) is 3.17. The summed E-state index contributed by atoms with van der Waals surface area (Å²) in [7, 11) is 1.90. The first-order chi connectivity index (χ1) is 12.2. The molecule has 2 unspecified atom stereocenters. The van der Waals surface area contributed by atoms with Gasteiger partial charge < -0.3 is 19.5 Å². The molecule has 0 amide bonds. The molecule has 1 saturated heterocycles. The highest BCUT2D eigenvalue weighted by Crippen LogP contribution is 2.48. The van der Waals surface area contributed by atoms with Crippen LogP contribution in [0.1, 0.15) is 45.6 Å². The van der Waals surface area contributed by atoms with E-state index in [1.54, 1.807) is 0 Å². The van der Waals surface area contributed by atoms with Gasteiger partial charge in [-0.15, -0.1) is 0 Å². The molecular weight excluding hydrogens is 314 g/mol. The molecule has 1 aliphatic heterocycles. The Morgan fingerprint density at radius 2 is 2.28 bits per heavy atom. The first-order valence-corrected chi connectivity index (χ1v) is 9.68. The van der Waals surface area contributed by atoms with Gasteiger partial charge in [0.05, 0.1) is 12.4 Å². The minimum atomic E-state index is 0.429. The highest BCUT2D eigenvalue weighted by atomic mass is 16.5. The van der Waals surface area contributed by atoms with E-state index >= 15 is 0 Å². The smallest absolute Gasteiger partial charge is 0.193 e. The number of likely N-dealkylation sites (tertiary alicyclic amines) is 1. The predicted molar refractivity (Wildman–Crippen MR) is 101 cm³/mol. The van der Waals surface area contributed by atoms with E-state index in [1.165, 1.54) is 19.3 Å². The van der Waals surface area contributed by atoms with Gasteiger partial charge >= 0.3 is 0 Å². The van der Waals surface area contributed by atoms with Crippen molar-refractivity contribution in [2.45, 2.75) is 45.6 Å². The number of hydrogen-bond donors (Lipinski definition) is 1. The largest absolute Gasteiger partial charge is 0.382 e. The molecule has 3 rings (SSSR count). The zero-order chi connectivity index (χ0) is 17.7. The highest BCUT2D eigenvalue weighted by molar-refractivity contribution is 5.80. The lowest BCUT2D eigenvalue weighted by molar-refractivity contribution is 0.128. The number of ether oxygens (including phenoxy) is 1. The standard InChI is InChI=1S/C19H33N5O/c1-4-25-12-8-19(6-7-19)14-22-18(20-3)23-10-5-16(2)17(13-23)24-11-9-21-15-24/h9,11,15-17H,4-8,10,12-14H2,1-3H3,(H,20,22). The molecule has 0 aromatic carbocycles. The van der Waals surface area contributed by atoms with Gasteiger partial charge in [0.25, 0.3) is 0 Å². The van der Waals surface area contributed by atoms with Crippen LogP contribution in [-0.4, -0.2) is 60.3 Å². The summed E-state index contributed by atoms with van der Waals surface area (Å²) in [4.78, 5) is 11.2. The number of imidazole rings is 1. The van der Waals surface area contributed by atoms with E-state index in [4.69, 9.17) is 4.74 Å². The van der Waals surface area contributed by atoms with Crippen molar-refractivity contribution in [3.8, 4) is 0 Å². The molecule has 0 spiro atoms. The molecule has 140 valence electrons. The maximum atomic E-state index is 5.55. The highest BCUT2D eigenvalue weighted by Gasteiger charge is 2.42. The molecule has 1 aliphatic carbocycles. The van der Waals surface area contributed by atoms with Gasteiger partial charge in [0.2, 0.25) is 0 Å². The van der Waals surface area contributed by atoms with Gasteiger partial charge in [-0.3, -0.25) is 4.99 Å². The van der Waals surface area contributed by atoms with E-state index < -0.39 is 0 Å². The quantitative estimate of drug-likeness (QED) is 0.468. The lowest BCUT2D eigenvalue weighted by Crippen LogP contribution is -2.50. The van der Waals surface area contributed by atoms with Crippen molar-refractivity contribution < 1.29 is 4.74 Å². The van der Waals surface area contributed by atoms with Gasteiger partial charge in [0.15, 0.2) is 5.96 Å². The Morgan fingerprint density at radius 3 is 2.92 bits per heavy atom. The third kappa shape index (κ3) is 4.54. The summed E-state index contributed by atoms with van der Waals surface area (Å²) >= 11 is 0. The molecule has 2 fully saturated rings. The molecule has 1 N–H and O–H groups in total. The number of guanidine groups is 1. The summed E-state index contributed by atoms with van der Waals surface area (Å²) in [6, 6.07) is 0.461. The molecule has 0 radical (unpaired) electrons. The molecule has 1 saturated carbocycles. The summed E-state index contributed by atoms with van der Waals surface area (Å²) in [5.74, 6) is 1.70. The van der Waals surface area contributed by atoms with Gasteiger partial charge in [-0.05, 0) is 43.9 Å². The van der Waals surface area contributed by atoms with Crippen LogP contribution in [0.25, 0.3) is 0 Å². The summed E-state index contributed by atoms with van der Waals surface area (Å²) in [6.45, 7) is 9.15. The van der Waals surface area contributed by atoms with Crippen LogP contribution in [0.5, 0.6) is 0 Å². The van der Waals surface area contributed by atoms with Crippen LogP contribution in [0.4, 0.5) is 0 Å². The van der Waals surface area contributed by atoms with E-state index in [9.17, 15) is 0 Å². The molecule has 1 aromatic rings. The van der Waals surface area contributed by atoms with Crippen molar-refractivity contribution in [1.29, 1.82) is 0 Å². The lowest BCUT2D eigenvalue weighted by atomic mass is 9.93. The molecule has 6 nitrogen and oxygen atoms in total. The second-order valence-electron chi connectivity index (χ2n) is 7.64. The number of hydrogen-bond acceptors (Lipinski definition) is 3. The Bertz CT molecular complexity index is 552. The van der Waals surface area contributed by atoms with Crippen molar-refractivity contribution >= 4 is 5.96 Å². The number of aliphatic imine (C=N–C) groups is 1. The molecule has 1 aromatic heterocycles. The number of rotatable bonds is 7. The number of nitrogens with zero attached hydrogens (tertiary/aromatic N) is 4. The molecule has 2 aliphatic rings. The third-order valence-electron chi connectivity index (χ3n) is 5.90. The average molecular weight is 348 g/mol. The maximum absolute atomic E-state index is 5.55. The van der Waals surface area contributed by atoms with Crippen molar-refractivity contribution in [2.75, 3.05) is 39.9 Å². The normalized spacial score (nSPS) is 25.9. The van der Waals surface area contributed by atoms with Crippen LogP contribution in [0, 0.1) is 11.3 Å². The first-order valence-electron chi connectivity index (χ1n) is 9.68. The summed E-state index contributed by atoms with van der Waals surface area (Å²) < 4.78 is 7.79. The van der Waals surface area contributed by atoms with Crippen molar-refractivity contribution in [2.24, 2.45) is 16.3 Å². The third-order valence-corrected chi connectivity index (χ3v) is 5.90. The number of aromatic nitrogens is 2. The van der Waals surface area contributed by atoms with Crippen LogP contribution in [-0.2, 0) is 4.74 Å².